The van der Waals surface area contributed by atoms with Crippen LogP contribution in [0.2, 0.25) is 0 Å². The van der Waals surface area contributed by atoms with Gasteiger partial charge in [0.15, 0.2) is 0 Å². The van der Waals surface area contributed by atoms with Gasteiger partial charge in [-0.3, -0.25) is 14.8 Å². The predicted molar refractivity (Wildman–Crippen MR) is 97.3 cm³/mol. The first kappa shape index (κ1) is 17.1. The molecule has 0 saturated heterocycles. The number of imidazole rings is 1. The number of aromatic nitrogens is 4. The molecule has 25 heavy (non-hydrogen) atoms. The van der Waals surface area contributed by atoms with Gasteiger partial charge in [-0.2, -0.15) is 0 Å². The number of nitrogens with zero attached hydrogens (tertiary/aromatic N) is 3. The molecule has 0 bridgehead atoms. The van der Waals surface area contributed by atoms with Crippen LogP contribution >= 0.6 is 0 Å². The fourth-order valence-electron chi connectivity index (χ4n) is 2.76. The van der Waals surface area contributed by atoms with E-state index in [4.69, 9.17) is 0 Å². The number of aromatic amines is 1. The third-order valence-electron chi connectivity index (χ3n) is 4.36. The molecule has 0 aliphatic heterocycles. The monoisotopic (exact) mass is 337 g/mol. The number of carbonyl (C=O) groups is 1. The molecular weight excluding hydrogens is 314 g/mol. The summed E-state index contributed by atoms with van der Waals surface area (Å²) in [6, 6.07) is 4.18. The lowest BCUT2D eigenvalue weighted by Crippen LogP contribution is -2.25. The molecule has 0 spiro atoms. The Morgan fingerprint density at radius 2 is 2.08 bits per heavy atom. The number of nitrogens with one attached hydrogen (secondary N) is 2. The van der Waals surface area contributed by atoms with E-state index in [2.05, 4.69) is 51.2 Å². The molecule has 2 N–H and O–H groups in total. The molecule has 2 aromatic heterocycles. The van der Waals surface area contributed by atoms with Crippen LogP contribution in [-0.2, 0) is 17.6 Å². The molecule has 0 aliphatic rings. The molecule has 0 saturated carbocycles. The van der Waals surface area contributed by atoms with Gasteiger partial charge in [0.05, 0.1) is 16.7 Å². The maximum Gasteiger partial charge on any atom is 0.220 e. The Morgan fingerprint density at radius 3 is 2.88 bits per heavy atom. The minimum atomic E-state index is 0.0433. The van der Waals surface area contributed by atoms with Crippen LogP contribution in [0.4, 0.5) is 0 Å². The first-order chi connectivity index (χ1) is 12.1. The largest absolute Gasteiger partial charge is 0.356 e. The fourth-order valence-corrected chi connectivity index (χ4v) is 2.76. The van der Waals surface area contributed by atoms with E-state index in [0.29, 0.717) is 19.4 Å². The summed E-state index contributed by atoms with van der Waals surface area (Å²) in [4.78, 5) is 28.1. The summed E-state index contributed by atoms with van der Waals surface area (Å²) < 4.78 is 0. The molecule has 0 radical (unpaired) electrons. The second kappa shape index (κ2) is 7.88. The number of aryl methyl sites for hydroxylation is 4. The van der Waals surface area contributed by atoms with Crippen molar-refractivity contribution in [2.24, 2.45) is 0 Å². The highest BCUT2D eigenvalue weighted by atomic mass is 16.1. The second-order valence-electron chi connectivity index (χ2n) is 6.24. The van der Waals surface area contributed by atoms with Crippen molar-refractivity contribution >= 4 is 16.9 Å². The number of fused-ring (bicyclic) bond motifs is 1. The Labute approximate surface area is 147 Å². The van der Waals surface area contributed by atoms with Crippen molar-refractivity contribution in [1.29, 1.82) is 0 Å². The van der Waals surface area contributed by atoms with E-state index >= 15 is 0 Å². The maximum atomic E-state index is 11.9. The zero-order chi connectivity index (χ0) is 17.6. The quantitative estimate of drug-likeness (QED) is 0.649. The van der Waals surface area contributed by atoms with E-state index in [0.717, 1.165) is 35.4 Å². The smallest absolute Gasteiger partial charge is 0.220 e. The van der Waals surface area contributed by atoms with Crippen molar-refractivity contribution in [3.8, 4) is 0 Å². The summed E-state index contributed by atoms with van der Waals surface area (Å²) in [5.74, 6) is 1.01. The number of amides is 1. The van der Waals surface area contributed by atoms with Crippen molar-refractivity contribution in [2.45, 2.75) is 39.5 Å². The van der Waals surface area contributed by atoms with Crippen molar-refractivity contribution in [3.63, 3.8) is 0 Å². The van der Waals surface area contributed by atoms with Gasteiger partial charge in [-0.15, -0.1) is 0 Å². The Bertz CT molecular complexity index is 857. The first-order valence-corrected chi connectivity index (χ1v) is 8.60. The van der Waals surface area contributed by atoms with Gasteiger partial charge >= 0.3 is 0 Å². The summed E-state index contributed by atoms with van der Waals surface area (Å²) in [5, 5.41) is 2.95. The molecule has 3 rings (SSSR count). The normalized spacial score (nSPS) is 11.0. The highest BCUT2D eigenvalue weighted by Crippen LogP contribution is 2.19. The molecule has 0 unspecified atom stereocenters. The Hall–Kier alpha value is -2.76. The van der Waals surface area contributed by atoms with Crippen LogP contribution in [0.5, 0.6) is 0 Å². The van der Waals surface area contributed by atoms with Gasteiger partial charge in [0.2, 0.25) is 5.91 Å². The highest BCUT2D eigenvalue weighted by Gasteiger charge is 2.07. The molecule has 3 aromatic rings. The van der Waals surface area contributed by atoms with Crippen molar-refractivity contribution in [2.75, 3.05) is 6.54 Å². The average Bonchev–Trinajstić information content (AvgIpc) is 3.05. The van der Waals surface area contributed by atoms with Crippen molar-refractivity contribution in [3.05, 3.63) is 53.4 Å². The van der Waals surface area contributed by atoms with Crippen LogP contribution in [0.1, 0.15) is 35.5 Å². The van der Waals surface area contributed by atoms with Gasteiger partial charge in [-0.25, -0.2) is 4.98 Å². The summed E-state index contributed by atoms with van der Waals surface area (Å²) in [7, 11) is 0. The van der Waals surface area contributed by atoms with Crippen LogP contribution in [0.25, 0.3) is 11.0 Å². The van der Waals surface area contributed by atoms with E-state index in [1.165, 1.54) is 11.1 Å². The number of hydrogen-bond donors (Lipinski definition) is 2. The summed E-state index contributed by atoms with van der Waals surface area (Å²) >= 11 is 0. The molecule has 0 fully saturated rings. The van der Waals surface area contributed by atoms with Gasteiger partial charge in [-0.05, 0) is 43.9 Å². The lowest BCUT2D eigenvalue weighted by Gasteiger charge is -2.04. The van der Waals surface area contributed by atoms with E-state index in [9.17, 15) is 4.79 Å². The molecular formula is C19H23N5O. The van der Waals surface area contributed by atoms with Gasteiger partial charge in [-0.1, -0.05) is 6.07 Å². The molecule has 2 heterocycles. The Kier molecular flexibility index (Phi) is 5.38. The molecule has 0 aliphatic carbocycles. The van der Waals surface area contributed by atoms with Crippen LogP contribution in [0, 0.1) is 13.8 Å². The minimum absolute atomic E-state index is 0.0433. The topological polar surface area (TPSA) is 83.6 Å². The summed E-state index contributed by atoms with van der Waals surface area (Å²) in [5.41, 5.74) is 5.43. The van der Waals surface area contributed by atoms with Crippen LogP contribution in [0.3, 0.4) is 0 Å². The SMILES string of the molecule is Cc1ccc2[nH]c(CCCNC(=O)CCc3cnccn3)nc2c1C. The number of hydrogen-bond acceptors (Lipinski definition) is 4. The Balaban J connectivity index is 1.42. The maximum absolute atomic E-state index is 11.9. The molecule has 130 valence electrons. The third-order valence-corrected chi connectivity index (χ3v) is 4.36. The number of carbonyl (C=O) groups excluding carboxylic acids is 1. The second-order valence-corrected chi connectivity index (χ2v) is 6.24. The lowest BCUT2D eigenvalue weighted by molar-refractivity contribution is -0.121. The molecule has 6 nitrogen and oxygen atoms in total. The molecule has 1 amide bonds. The van der Waals surface area contributed by atoms with Crippen molar-refractivity contribution < 1.29 is 4.79 Å². The van der Waals surface area contributed by atoms with Crippen LogP contribution in [0.15, 0.2) is 30.7 Å². The van der Waals surface area contributed by atoms with Crippen LogP contribution in [-0.4, -0.2) is 32.4 Å². The van der Waals surface area contributed by atoms with E-state index < -0.39 is 0 Å². The van der Waals surface area contributed by atoms with Gasteiger partial charge in [0, 0.05) is 38.0 Å². The first-order valence-electron chi connectivity index (χ1n) is 8.60. The van der Waals surface area contributed by atoms with Crippen LogP contribution < -0.4 is 5.32 Å². The van der Waals surface area contributed by atoms with Gasteiger partial charge in [0.1, 0.15) is 5.82 Å². The zero-order valence-corrected chi connectivity index (χ0v) is 14.7. The van der Waals surface area contributed by atoms with Gasteiger partial charge in [0.25, 0.3) is 0 Å². The standard InChI is InChI=1S/C19H23N5O/c1-13-5-7-16-19(14(13)2)24-17(23-16)4-3-9-22-18(25)8-6-15-12-20-10-11-21-15/h5,7,10-12H,3-4,6,8-9H2,1-2H3,(H,22,25)(H,23,24). The van der Waals surface area contributed by atoms with Crippen molar-refractivity contribution in [1.82, 2.24) is 25.3 Å². The highest BCUT2D eigenvalue weighted by molar-refractivity contribution is 5.79. The zero-order valence-electron chi connectivity index (χ0n) is 14.7. The Morgan fingerprint density at radius 1 is 1.20 bits per heavy atom. The number of benzene rings is 1. The van der Waals surface area contributed by atoms with Gasteiger partial charge < -0.3 is 10.3 Å². The minimum Gasteiger partial charge on any atom is -0.356 e. The fraction of sp³-hybridized carbons (Fsp3) is 0.368. The number of H-pyrrole nitrogens is 1. The summed E-state index contributed by atoms with van der Waals surface area (Å²) in [6.07, 6.45) is 7.68. The average molecular weight is 337 g/mol. The third kappa shape index (κ3) is 4.41. The lowest BCUT2D eigenvalue weighted by atomic mass is 10.1. The molecule has 0 atom stereocenters. The van der Waals surface area contributed by atoms with E-state index in [-0.39, 0.29) is 5.91 Å². The molecule has 6 heteroatoms. The predicted octanol–water partition coefficient (Wildman–Crippen LogP) is 2.65. The molecule has 1 aromatic carbocycles. The number of rotatable bonds is 7. The van der Waals surface area contributed by atoms with E-state index in [1.54, 1.807) is 18.6 Å². The summed E-state index contributed by atoms with van der Waals surface area (Å²) in [6.45, 7) is 4.84. The van der Waals surface area contributed by atoms with E-state index in [1.807, 2.05) is 0 Å².